The van der Waals surface area contributed by atoms with Crippen LogP contribution in [0.15, 0.2) is 35.5 Å². The van der Waals surface area contributed by atoms with Crippen molar-refractivity contribution in [3.05, 3.63) is 45.9 Å². The molecule has 6 heteroatoms. The molecular weight excluding hydrogens is 332 g/mol. The van der Waals surface area contributed by atoms with Gasteiger partial charge in [-0.25, -0.2) is 4.98 Å². The lowest BCUT2D eigenvalue weighted by Gasteiger charge is -2.13. The minimum absolute atomic E-state index is 0.178. The molecule has 0 amide bonds. The second-order valence-corrected chi connectivity index (χ2v) is 7.19. The number of ether oxygens (including phenoxy) is 1. The number of thiazole rings is 1. The number of rotatable bonds is 8. The molecule has 0 bridgehead atoms. The third-order valence-electron chi connectivity index (χ3n) is 3.54. The zero-order chi connectivity index (χ0) is 18.1. The number of nitrogens with one attached hydrogen (secondary N) is 2. The minimum Gasteiger partial charge on any atom is -0.491 e. The number of aliphatic imine (C=N–C) groups is 1. The molecule has 0 spiro atoms. The van der Waals surface area contributed by atoms with Crippen LogP contribution >= 0.6 is 11.3 Å². The summed E-state index contributed by atoms with van der Waals surface area (Å²) in [5, 5.41) is 7.84. The highest BCUT2D eigenvalue weighted by atomic mass is 32.1. The van der Waals surface area contributed by atoms with Gasteiger partial charge in [-0.05, 0) is 38.0 Å². The maximum Gasteiger partial charge on any atom is 0.191 e. The van der Waals surface area contributed by atoms with E-state index in [4.69, 9.17) is 4.74 Å². The largest absolute Gasteiger partial charge is 0.491 e. The fourth-order valence-electron chi connectivity index (χ4n) is 2.32. The lowest BCUT2D eigenvalue weighted by molar-refractivity contribution is 0.242. The standard InChI is InChI=1S/C19H28N4OS/c1-5-17-13-22-18(25-17)9-10-21-19(20-4)23-12-15-7-6-8-16(11-15)24-14(2)3/h6-8,11,13-14H,5,9-10,12H2,1-4H3,(H2,20,21,23). The molecule has 1 aromatic carbocycles. The van der Waals surface area contributed by atoms with Gasteiger partial charge in [-0.3, -0.25) is 4.99 Å². The van der Waals surface area contributed by atoms with Crippen LogP contribution in [0.2, 0.25) is 0 Å². The Kier molecular flexibility index (Phi) is 7.73. The van der Waals surface area contributed by atoms with Gasteiger partial charge in [-0.2, -0.15) is 0 Å². The van der Waals surface area contributed by atoms with E-state index in [1.807, 2.05) is 32.2 Å². The summed E-state index contributed by atoms with van der Waals surface area (Å²) < 4.78 is 5.73. The highest BCUT2D eigenvalue weighted by Gasteiger charge is 2.03. The maximum absolute atomic E-state index is 5.73. The molecule has 25 heavy (non-hydrogen) atoms. The van der Waals surface area contributed by atoms with E-state index in [2.05, 4.69) is 39.7 Å². The predicted octanol–water partition coefficient (Wildman–Crippen LogP) is 3.40. The van der Waals surface area contributed by atoms with E-state index in [9.17, 15) is 0 Å². The number of aryl methyl sites for hydroxylation is 1. The average molecular weight is 361 g/mol. The number of hydrogen-bond acceptors (Lipinski definition) is 4. The van der Waals surface area contributed by atoms with Crippen molar-refractivity contribution in [2.45, 2.75) is 46.3 Å². The van der Waals surface area contributed by atoms with E-state index in [1.165, 1.54) is 9.88 Å². The number of benzene rings is 1. The quantitative estimate of drug-likeness (QED) is 0.559. The summed E-state index contributed by atoms with van der Waals surface area (Å²) in [6.07, 6.45) is 4.10. The van der Waals surface area contributed by atoms with Crippen molar-refractivity contribution in [2.75, 3.05) is 13.6 Å². The first-order chi connectivity index (χ1) is 12.1. The Morgan fingerprint density at radius 1 is 1.32 bits per heavy atom. The van der Waals surface area contributed by atoms with Crippen LogP contribution in [-0.2, 0) is 19.4 Å². The fourth-order valence-corrected chi connectivity index (χ4v) is 3.18. The Labute approximate surface area is 154 Å². The Hall–Kier alpha value is -2.08. The zero-order valence-corrected chi connectivity index (χ0v) is 16.3. The van der Waals surface area contributed by atoms with Gasteiger partial charge in [0.25, 0.3) is 0 Å². The predicted molar refractivity (Wildman–Crippen MR) is 106 cm³/mol. The topological polar surface area (TPSA) is 58.5 Å². The molecule has 0 aliphatic carbocycles. The molecule has 136 valence electrons. The van der Waals surface area contributed by atoms with Crippen LogP contribution in [0.1, 0.15) is 36.2 Å². The van der Waals surface area contributed by atoms with Crippen molar-refractivity contribution in [3.63, 3.8) is 0 Å². The summed E-state index contributed by atoms with van der Waals surface area (Å²) >= 11 is 1.78. The second-order valence-electron chi connectivity index (χ2n) is 5.99. The van der Waals surface area contributed by atoms with E-state index in [1.54, 1.807) is 18.4 Å². The van der Waals surface area contributed by atoms with E-state index in [0.717, 1.165) is 36.7 Å². The van der Waals surface area contributed by atoms with Gasteiger partial charge in [0.1, 0.15) is 5.75 Å². The van der Waals surface area contributed by atoms with Crippen molar-refractivity contribution in [2.24, 2.45) is 4.99 Å². The molecule has 0 unspecified atom stereocenters. The molecule has 2 rings (SSSR count). The van der Waals surface area contributed by atoms with Crippen LogP contribution in [0, 0.1) is 0 Å². The normalized spacial score (nSPS) is 11.6. The smallest absolute Gasteiger partial charge is 0.191 e. The molecule has 0 saturated carbocycles. The molecule has 2 N–H and O–H groups in total. The molecule has 2 aromatic rings. The third-order valence-corrected chi connectivity index (χ3v) is 4.74. The molecule has 1 aromatic heterocycles. The second kappa shape index (κ2) is 10.0. The summed E-state index contributed by atoms with van der Waals surface area (Å²) in [5.74, 6) is 1.69. The fraction of sp³-hybridized carbons (Fsp3) is 0.474. The summed E-state index contributed by atoms with van der Waals surface area (Å²) in [4.78, 5) is 10.0. The van der Waals surface area contributed by atoms with Crippen LogP contribution in [0.3, 0.4) is 0 Å². The summed E-state index contributed by atoms with van der Waals surface area (Å²) in [7, 11) is 1.78. The van der Waals surface area contributed by atoms with Crippen molar-refractivity contribution in [3.8, 4) is 5.75 Å². The Bertz CT molecular complexity index is 682. The summed E-state index contributed by atoms with van der Waals surface area (Å²) in [6, 6.07) is 8.13. The van der Waals surface area contributed by atoms with Gasteiger partial charge in [-0.15, -0.1) is 11.3 Å². The van der Waals surface area contributed by atoms with Crippen LogP contribution in [0.5, 0.6) is 5.75 Å². The zero-order valence-electron chi connectivity index (χ0n) is 15.5. The number of hydrogen-bond donors (Lipinski definition) is 2. The summed E-state index contributed by atoms with van der Waals surface area (Å²) in [6.45, 7) is 7.73. The van der Waals surface area contributed by atoms with Crippen LogP contribution in [0.25, 0.3) is 0 Å². The third kappa shape index (κ3) is 6.74. The van der Waals surface area contributed by atoms with Gasteiger partial charge in [-0.1, -0.05) is 19.1 Å². The Morgan fingerprint density at radius 3 is 2.84 bits per heavy atom. The Morgan fingerprint density at radius 2 is 2.16 bits per heavy atom. The van der Waals surface area contributed by atoms with Gasteiger partial charge in [0.2, 0.25) is 0 Å². The summed E-state index contributed by atoms with van der Waals surface area (Å²) in [5.41, 5.74) is 1.16. The first kappa shape index (κ1) is 19.2. The van der Waals surface area contributed by atoms with Crippen molar-refractivity contribution in [1.82, 2.24) is 15.6 Å². The van der Waals surface area contributed by atoms with Crippen LogP contribution in [0.4, 0.5) is 0 Å². The molecule has 1 heterocycles. The van der Waals surface area contributed by atoms with E-state index < -0.39 is 0 Å². The average Bonchev–Trinajstić information content (AvgIpc) is 3.05. The van der Waals surface area contributed by atoms with Crippen molar-refractivity contribution >= 4 is 17.3 Å². The van der Waals surface area contributed by atoms with Crippen LogP contribution in [-0.4, -0.2) is 30.6 Å². The van der Waals surface area contributed by atoms with Crippen molar-refractivity contribution in [1.29, 1.82) is 0 Å². The van der Waals surface area contributed by atoms with E-state index >= 15 is 0 Å². The molecule has 0 atom stereocenters. The van der Waals surface area contributed by atoms with Gasteiger partial charge >= 0.3 is 0 Å². The van der Waals surface area contributed by atoms with Crippen molar-refractivity contribution < 1.29 is 4.74 Å². The highest BCUT2D eigenvalue weighted by Crippen LogP contribution is 2.15. The van der Waals surface area contributed by atoms with Crippen LogP contribution < -0.4 is 15.4 Å². The SMILES string of the molecule is CCc1cnc(CCNC(=NC)NCc2cccc(OC(C)C)c2)s1. The molecule has 0 radical (unpaired) electrons. The lowest BCUT2D eigenvalue weighted by Crippen LogP contribution is -2.37. The maximum atomic E-state index is 5.73. The Balaban J connectivity index is 1.78. The van der Waals surface area contributed by atoms with E-state index in [-0.39, 0.29) is 6.10 Å². The molecule has 0 aliphatic rings. The first-order valence-electron chi connectivity index (χ1n) is 8.74. The molecule has 5 nitrogen and oxygen atoms in total. The minimum atomic E-state index is 0.178. The monoisotopic (exact) mass is 360 g/mol. The van der Waals surface area contributed by atoms with Gasteiger partial charge < -0.3 is 15.4 Å². The van der Waals surface area contributed by atoms with Gasteiger partial charge in [0, 0.05) is 37.6 Å². The number of aromatic nitrogens is 1. The molecule has 0 saturated heterocycles. The molecular formula is C19H28N4OS. The molecule has 0 aliphatic heterocycles. The number of guanidine groups is 1. The lowest BCUT2D eigenvalue weighted by atomic mass is 10.2. The first-order valence-corrected chi connectivity index (χ1v) is 9.56. The van der Waals surface area contributed by atoms with Gasteiger partial charge in [0.15, 0.2) is 5.96 Å². The van der Waals surface area contributed by atoms with E-state index in [0.29, 0.717) is 6.54 Å². The highest BCUT2D eigenvalue weighted by molar-refractivity contribution is 7.11. The van der Waals surface area contributed by atoms with Gasteiger partial charge in [0.05, 0.1) is 11.1 Å². The number of nitrogens with zero attached hydrogens (tertiary/aromatic N) is 2. The molecule has 0 fully saturated rings.